The van der Waals surface area contributed by atoms with Gasteiger partial charge in [0.15, 0.2) is 0 Å². The van der Waals surface area contributed by atoms with E-state index in [4.69, 9.17) is 5.11 Å². The first-order valence-electron chi connectivity index (χ1n) is 6.29. The number of carboxylic acids is 1. The maximum Gasteiger partial charge on any atom is 0.317 e. The number of carbonyl (C=O) groups excluding carboxylic acids is 1. The maximum absolute atomic E-state index is 11.8. The zero-order valence-electron chi connectivity index (χ0n) is 10.2. The third-order valence-electron chi connectivity index (χ3n) is 4.05. The van der Waals surface area contributed by atoms with Crippen LogP contribution in [0.25, 0.3) is 0 Å². The molecule has 5 nitrogen and oxygen atoms in total. The molecule has 0 heterocycles. The van der Waals surface area contributed by atoms with E-state index in [1.807, 2.05) is 0 Å². The van der Waals surface area contributed by atoms with Gasteiger partial charge in [-0.1, -0.05) is 6.42 Å². The fourth-order valence-corrected chi connectivity index (χ4v) is 3.06. The van der Waals surface area contributed by atoms with Crippen molar-refractivity contribution in [3.8, 4) is 0 Å². The molecule has 0 saturated heterocycles. The number of hydrogen-bond donors (Lipinski definition) is 2. The van der Waals surface area contributed by atoms with E-state index in [1.165, 1.54) is 24.2 Å². The van der Waals surface area contributed by atoms with E-state index in [0.29, 0.717) is 12.0 Å². The van der Waals surface area contributed by atoms with Gasteiger partial charge in [0, 0.05) is 19.6 Å². The summed E-state index contributed by atoms with van der Waals surface area (Å²) in [4.78, 5) is 23.7. The quantitative estimate of drug-likeness (QED) is 0.778. The number of rotatable bonds is 4. The fraction of sp³-hybridized carbons (Fsp3) is 0.833. The summed E-state index contributed by atoms with van der Waals surface area (Å²) >= 11 is 0. The summed E-state index contributed by atoms with van der Waals surface area (Å²) in [5, 5.41) is 11.6. The van der Waals surface area contributed by atoms with E-state index in [9.17, 15) is 9.59 Å². The zero-order chi connectivity index (χ0) is 12.4. The van der Waals surface area contributed by atoms with Gasteiger partial charge in [0.25, 0.3) is 0 Å². The second-order valence-electron chi connectivity index (χ2n) is 5.30. The summed E-state index contributed by atoms with van der Waals surface area (Å²) in [7, 11) is 1.64. The number of hydrogen-bond acceptors (Lipinski definition) is 2. The van der Waals surface area contributed by atoms with Crippen LogP contribution in [0.4, 0.5) is 4.79 Å². The molecule has 17 heavy (non-hydrogen) atoms. The summed E-state index contributed by atoms with van der Waals surface area (Å²) in [6, 6.07) is 0.178. The van der Waals surface area contributed by atoms with E-state index < -0.39 is 5.97 Å². The van der Waals surface area contributed by atoms with Crippen LogP contribution in [0.5, 0.6) is 0 Å². The van der Waals surface area contributed by atoms with Crippen LogP contribution in [0.1, 0.15) is 32.1 Å². The Bertz CT molecular complexity index is 319. The molecule has 2 aliphatic rings. The van der Waals surface area contributed by atoms with Gasteiger partial charge in [-0.2, -0.15) is 0 Å². The molecule has 2 bridgehead atoms. The average Bonchev–Trinajstić information content (AvgIpc) is 2.87. The molecule has 2 aliphatic carbocycles. The highest BCUT2D eigenvalue weighted by molar-refractivity contribution is 5.75. The van der Waals surface area contributed by atoms with Gasteiger partial charge < -0.3 is 15.3 Å². The molecule has 0 spiro atoms. The van der Waals surface area contributed by atoms with Gasteiger partial charge in [-0.3, -0.25) is 4.79 Å². The van der Waals surface area contributed by atoms with Crippen LogP contribution in [-0.2, 0) is 4.79 Å². The van der Waals surface area contributed by atoms with Crippen molar-refractivity contribution in [1.82, 2.24) is 10.2 Å². The fourth-order valence-electron chi connectivity index (χ4n) is 3.06. The molecule has 0 aromatic heterocycles. The van der Waals surface area contributed by atoms with Crippen LogP contribution in [-0.4, -0.2) is 41.6 Å². The van der Waals surface area contributed by atoms with Crippen molar-refractivity contribution in [1.29, 1.82) is 0 Å². The lowest BCUT2D eigenvalue weighted by molar-refractivity contribution is -0.137. The third kappa shape index (κ3) is 2.90. The Hall–Kier alpha value is -1.26. The smallest absolute Gasteiger partial charge is 0.317 e. The average molecular weight is 240 g/mol. The van der Waals surface area contributed by atoms with Crippen molar-refractivity contribution in [3.05, 3.63) is 0 Å². The largest absolute Gasteiger partial charge is 0.481 e. The van der Waals surface area contributed by atoms with Crippen LogP contribution >= 0.6 is 0 Å². The van der Waals surface area contributed by atoms with Gasteiger partial charge >= 0.3 is 12.0 Å². The second-order valence-corrected chi connectivity index (χ2v) is 5.30. The van der Waals surface area contributed by atoms with Crippen molar-refractivity contribution in [2.24, 2.45) is 11.8 Å². The van der Waals surface area contributed by atoms with Crippen molar-refractivity contribution in [2.75, 3.05) is 13.6 Å². The second kappa shape index (κ2) is 4.94. The standard InChI is InChI=1S/C12H20N2O3/c1-14(5-4-11(15)16)12(17)13-10-7-8-2-3-9(10)6-8/h8-10H,2-7H2,1H3,(H,13,17)(H,15,16). The molecule has 2 fully saturated rings. The summed E-state index contributed by atoms with van der Waals surface area (Å²) in [5.41, 5.74) is 0. The molecule has 2 amide bonds. The molecule has 3 atom stereocenters. The number of carboxylic acid groups (broad SMARTS) is 1. The predicted octanol–water partition coefficient (Wildman–Crippen LogP) is 1.29. The molecule has 2 N–H and O–H groups in total. The number of aliphatic carboxylic acids is 1. The Morgan fingerprint density at radius 1 is 1.35 bits per heavy atom. The first-order chi connectivity index (χ1) is 8.06. The lowest BCUT2D eigenvalue weighted by Crippen LogP contribution is -2.45. The molecule has 96 valence electrons. The lowest BCUT2D eigenvalue weighted by atomic mass is 9.95. The number of urea groups is 1. The molecule has 0 aromatic rings. The highest BCUT2D eigenvalue weighted by Crippen LogP contribution is 2.44. The minimum atomic E-state index is -0.871. The Morgan fingerprint density at radius 2 is 2.12 bits per heavy atom. The molecular weight excluding hydrogens is 220 g/mol. The van der Waals surface area contributed by atoms with Gasteiger partial charge in [0.2, 0.25) is 0 Å². The minimum Gasteiger partial charge on any atom is -0.481 e. The van der Waals surface area contributed by atoms with E-state index >= 15 is 0 Å². The Morgan fingerprint density at radius 3 is 2.65 bits per heavy atom. The summed E-state index contributed by atoms with van der Waals surface area (Å²) < 4.78 is 0. The summed E-state index contributed by atoms with van der Waals surface area (Å²) in [5.74, 6) is 0.580. The van der Waals surface area contributed by atoms with Gasteiger partial charge in [0.1, 0.15) is 0 Å². The van der Waals surface area contributed by atoms with Crippen molar-refractivity contribution in [3.63, 3.8) is 0 Å². The van der Waals surface area contributed by atoms with Crippen molar-refractivity contribution in [2.45, 2.75) is 38.1 Å². The van der Waals surface area contributed by atoms with Gasteiger partial charge in [-0.05, 0) is 31.1 Å². The minimum absolute atomic E-state index is 0.000635. The molecule has 3 unspecified atom stereocenters. The van der Waals surface area contributed by atoms with Crippen molar-refractivity contribution >= 4 is 12.0 Å². The van der Waals surface area contributed by atoms with Crippen LogP contribution in [0.15, 0.2) is 0 Å². The molecule has 2 rings (SSSR count). The Labute approximate surface area is 101 Å². The Kier molecular flexibility index (Phi) is 3.54. The normalized spacial score (nSPS) is 30.3. The van der Waals surface area contributed by atoms with Crippen LogP contribution in [0.2, 0.25) is 0 Å². The number of fused-ring (bicyclic) bond motifs is 2. The highest BCUT2D eigenvalue weighted by Gasteiger charge is 2.40. The number of carbonyl (C=O) groups is 2. The Balaban J connectivity index is 1.75. The van der Waals surface area contributed by atoms with Crippen LogP contribution in [0, 0.1) is 11.8 Å². The van der Waals surface area contributed by atoms with Gasteiger partial charge in [0.05, 0.1) is 6.42 Å². The predicted molar refractivity (Wildman–Crippen MR) is 62.7 cm³/mol. The first-order valence-corrected chi connectivity index (χ1v) is 6.29. The van der Waals surface area contributed by atoms with E-state index in [2.05, 4.69) is 5.32 Å². The summed E-state index contributed by atoms with van der Waals surface area (Å²) in [6.45, 7) is 0.266. The summed E-state index contributed by atoms with van der Waals surface area (Å²) in [6.07, 6.45) is 4.90. The molecule has 0 aliphatic heterocycles. The first kappa shape index (κ1) is 12.2. The topological polar surface area (TPSA) is 69.6 Å². The van der Waals surface area contributed by atoms with E-state index in [1.54, 1.807) is 7.05 Å². The SMILES string of the molecule is CN(CCC(=O)O)C(=O)NC1CC2CCC1C2. The molecule has 2 saturated carbocycles. The van der Waals surface area contributed by atoms with E-state index in [0.717, 1.165) is 12.3 Å². The number of amides is 2. The van der Waals surface area contributed by atoms with Crippen LogP contribution < -0.4 is 5.32 Å². The molecule has 0 radical (unpaired) electrons. The molecule has 5 heteroatoms. The number of nitrogens with one attached hydrogen (secondary N) is 1. The van der Waals surface area contributed by atoms with Gasteiger partial charge in [-0.25, -0.2) is 4.79 Å². The maximum atomic E-state index is 11.8. The van der Waals surface area contributed by atoms with Gasteiger partial charge in [-0.15, -0.1) is 0 Å². The zero-order valence-corrected chi connectivity index (χ0v) is 10.2. The molecule has 0 aromatic carbocycles. The number of nitrogens with zero attached hydrogens (tertiary/aromatic N) is 1. The van der Waals surface area contributed by atoms with E-state index in [-0.39, 0.29) is 19.0 Å². The van der Waals surface area contributed by atoms with Crippen molar-refractivity contribution < 1.29 is 14.7 Å². The van der Waals surface area contributed by atoms with Crippen LogP contribution in [0.3, 0.4) is 0 Å². The lowest BCUT2D eigenvalue weighted by Gasteiger charge is -2.26. The highest BCUT2D eigenvalue weighted by atomic mass is 16.4. The third-order valence-corrected chi connectivity index (χ3v) is 4.05. The molecular formula is C12H20N2O3. The monoisotopic (exact) mass is 240 g/mol.